The standard InChI is InChI=1S/C14H21N3O2/c1-15-11-3-5-12(6-4-11)17-13-9-10(7-8-16-13)14(18)19-2/h7-9,11-12,15H,3-6H2,1-2H3,(H,16,17). The van der Waals surface area contributed by atoms with Gasteiger partial charge in [-0.2, -0.15) is 0 Å². The summed E-state index contributed by atoms with van der Waals surface area (Å²) >= 11 is 0. The first-order valence-electron chi connectivity index (χ1n) is 6.71. The van der Waals surface area contributed by atoms with Gasteiger partial charge < -0.3 is 15.4 Å². The van der Waals surface area contributed by atoms with Crippen molar-refractivity contribution in [2.75, 3.05) is 19.5 Å². The first-order chi connectivity index (χ1) is 9.22. The predicted octanol–water partition coefficient (Wildman–Crippen LogP) is 1.81. The van der Waals surface area contributed by atoms with Crippen LogP contribution in [0.15, 0.2) is 18.3 Å². The lowest BCUT2D eigenvalue weighted by molar-refractivity contribution is 0.0600. The summed E-state index contributed by atoms with van der Waals surface area (Å²) in [4.78, 5) is 15.7. The van der Waals surface area contributed by atoms with Crippen LogP contribution in [-0.4, -0.2) is 37.2 Å². The van der Waals surface area contributed by atoms with Crippen LogP contribution in [0.4, 0.5) is 5.82 Å². The third-order valence-electron chi connectivity index (χ3n) is 3.67. The van der Waals surface area contributed by atoms with Crippen molar-refractivity contribution in [3.05, 3.63) is 23.9 Å². The lowest BCUT2D eigenvalue weighted by Gasteiger charge is -2.29. The van der Waals surface area contributed by atoms with Crippen LogP contribution < -0.4 is 10.6 Å². The number of esters is 1. The van der Waals surface area contributed by atoms with Gasteiger partial charge in [-0.3, -0.25) is 0 Å². The average Bonchev–Trinajstić information content (AvgIpc) is 2.47. The Labute approximate surface area is 113 Å². The molecule has 104 valence electrons. The van der Waals surface area contributed by atoms with E-state index in [9.17, 15) is 4.79 Å². The Balaban J connectivity index is 1.94. The molecule has 0 aromatic carbocycles. The zero-order valence-electron chi connectivity index (χ0n) is 11.5. The molecule has 5 nitrogen and oxygen atoms in total. The second-order valence-corrected chi connectivity index (χ2v) is 4.90. The van der Waals surface area contributed by atoms with Gasteiger partial charge in [-0.1, -0.05) is 0 Å². The predicted molar refractivity (Wildman–Crippen MR) is 74.3 cm³/mol. The summed E-state index contributed by atoms with van der Waals surface area (Å²) in [7, 11) is 3.40. The summed E-state index contributed by atoms with van der Waals surface area (Å²) in [5.74, 6) is 0.417. The molecule has 0 unspecified atom stereocenters. The number of rotatable bonds is 4. The van der Waals surface area contributed by atoms with E-state index >= 15 is 0 Å². The van der Waals surface area contributed by atoms with E-state index in [1.807, 2.05) is 7.05 Å². The average molecular weight is 263 g/mol. The highest BCUT2D eigenvalue weighted by Crippen LogP contribution is 2.21. The van der Waals surface area contributed by atoms with Crippen LogP contribution in [0.1, 0.15) is 36.0 Å². The second-order valence-electron chi connectivity index (χ2n) is 4.90. The molecule has 5 heteroatoms. The van der Waals surface area contributed by atoms with Crippen molar-refractivity contribution >= 4 is 11.8 Å². The largest absolute Gasteiger partial charge is 0.465 e. The number of carbonyl (C=O) groups is 1. The maximum Gasteiger partial charge on any atom is 0.338 e. The van der Waals surface area contributed by atoms with Gasteiger partial charge in [-0.15, -0.1) is 0 Å². The Morgan fingerprint density at radius 1 is 1.32 bits per heavy atom. The van der Waals surface area contributed by atoms with Gasteiger partial charge >= 0.3 is 5.97 Å². The van der Waals surface area contributed by atoms with Crippen molar-refractivity contribution in [2.24, 2.45) is 0 Å². The quantitative estimate of drug-likeness (QED) is 0.811. The summed E-state index contributed by atoms with van der Waals surface area (Å²) < 4.78 is 4.71. The minimum Gasteiger partial charge on any atom is -0.465 e. The van der Waals surface area contributed by atoms with Crippen LogP contribution in [0.5, 0.6) is 0 Å². The third kappa shape index (κ3) is 3.67. The number of nitrogens with one attached hydrogen (secondary N) is 2. The molecule has 1 aromatic rings. The fourth-order valence-corrected chi connectivity index (χ4v) is 2.49. The Morgan fingerprint density at radius 3 is 2.63 bits per heavy atom. The summed E-state index contributed by atoms with van der Waals surface area (Å²) in [5.41, 5.74) is 0.531. The van der Waals surface area contributed by atoms with Crippen molar-refractivity contribution in [1.29, 1.82) is 0 Å². The number of aromatic nitrogens is 1. The van der Waals surface area contributed by atoms with Crippen LogP contribution in [-0.2, 0) is 4.74 Å². The summed E-state index contributed by atoms with van der Waals surface area (Å²) in [6.07, 6.45) is 6.22. The van der Waals surface area contributed by atoms with Crippen molar-refractivity contribution in [3.8, 4) is 0 Å². The molecule has 0 saturated heterocycles. The Hall–Kier alpha value is -1.62. The Bertz CT molecular complexity index is 428. The van der Waals surface area contributed by atoms with Gasteiger partial charge in [0.2, 0.25) is 0 Å². The molecule has 0 bridgehead atoms. The number of carbonyl (C=O) groups excluding carboxylic acids is 1. The fourth-order valence-electron chi connectivity index (χ4n) is 2.49. The van der Waals surface area contributed by atoms with E-state index in [1.165, 1.54) is 20.0 Å². The minimum absolute atomic E-state index is 0.329. The van der Waals surface area contributed by atoms with E-state index in [0.717, 1.165) is 18.7 Å². The van der Waals surface area contributed by atoms with Gasteiger partial charge in [0, 0.05) is 18.3 Å². The second kappa shape index (κ2) is 6.52. The molecule has 1 aliphatic carbocycles. The van der Waals surface area contributed by atoms with Gasteiger partial charge in [-0.05, 0) is 44.9 Å². The molecule has 0 amide bonds. The molecule has 2 rings (SSSR count). The number of nitrogens with zero attached hydrogens (tertiary/aromatic N) is 1. The number of pyridine rings is 1. The highest BCUT2D eigenvalue weighted by molar-refractivity contribution is 5.89. The van der Waals surface area contributed by atoms with E-state index in [-0.39, 0.29) is 5.97 Å². The maximum absolute atomic E-state index is 11.5. The molecule has 1 fully saturated rings. The van der Waals surface area contributed by atoms with Crippen LogP contribution >= 0.6 is 0 Å². The summed E-state index contributed by atoms with van der Waals surface area (Å²) in [6, 6.07) is 4.47. The Morgan fingerprint density at radius 2 is 2.00 bits per heavy atom. The highest BCUT2D eigenvalue weighted by Gasteiger charge is 2.20. The summed E-state index contributed by atoms with van der Waals surface area (Å²) in [6.45, 7) is 0. The van der Waals surface area contributed by atoms with Gasteiger partial charge in [-0.25, -0.2) is 9.78 Å². The molecule has 0 aliphatic heterocycles. The molecule has 1 aliphatic rings. The first kappa shape index (κ1) is 13.8. The van der Waals surface area contributed by atoms with E-state index in [4.69, 9.17) is 4.74 Å². The van der Waals surface area contributed by atoms with Crippen molar-refractivity contribution in [3.63, 3.8) is 0 Å². The van der Waals surface area contributed by atoms with E-state index in [0.29, 0.717) is 17.6 Å². The zero-order valence-corrected chi connectivity index (χ0v) is 11.5. The SMILES string of the molecule is CNC1CCC(Nc2cc(C(=O)OC)ccn2)CC1. The molecule has 0 atom stereocenters. The molecule has 1 saturated carbocycles. The van der Waals surface area contributed by atoms with E-state index in [1.54, 1.807) is 18.3 Å². The lowest BCUT2D eigenvalue weighted by Crippen LogP contribution is -2.35. The molecule has 2 N–H and O–H groups in total. The number of hydrogen-bond donors (Lipinski definition) is 2. The molecule has 1 heterocycles. The third-order valence-corrected chi connectivity index (χ3v) is 3.67. The molecular weight excluding hydrogens is 242 g/mol. The van der Waals surface area contributed by atoms with Crippen LogP contribution in [0.3, 0.4) is 0 Å². The van der Waals surface area contributed by atoms with Gasteiger partial charge in [0.25, 0.3) is 0 Å². The number of hydrogen-bond acceptors (Lipinski definition) is 5. The maximum atomic E-state index is 11.5. The van der Waals surface area contributed by atoms with Gasteiger partial charge in [0.15, 0.2) is 0 Å². The number of anilines is 1. The minimum atomic E-state index is -0.329. The lowest BCUT2D eigenvalue weighted by atomic mass is 9.91. The number of ether oxygens (including phenoxy) is 1. The monoisotopic (exact) mass is 263 g/mol. The van der Waals surface area contributed by atoms with E-state index < -0.39 is 0 Å². The molecular formula is C14H21N3O2. The topological polar surface area (TPSA) is 63.2 Å². The molecule has 19 heavy (non-hydrogen) atoms. The molecule has 1 aromatic heterocycles. The van der Waals surface area contributed by atoms with Crippen molar-refractivity contribution in [1.82, 2.24) is 10.3 Å². The molecule has 0 spiro atoms. The van der Waals surface area contributed by atoms with Crippen LogP contribution in [0.25, 0.3) is 0 Å². The van der Waals surface area contributed by atoms with Gasteiger partial charge in [0.1, 0.15) is 5.82 Å². The van der Waals surface area contributed by atoms with Crippen LogP contribution in [0.2, 0.25) is 0 Å². The van der Waals surface area contributed by atoms with Crippen molar-refractivity contribution < 1.29 is 9.53 Å². The molecule has 0 radical (unpaired) electrons. The zero-order chi connectivity index (χ0) is 13.7. The normalized spacial score (nSPS) is 22.8. The van der Waals surface area contributed by atoms with Gasteiger partial charge in [0.05, 0.1) is 12.7 Å². The first-order valence-corrected chi connectivity index (χ1v) is 6.71. The smallest absolute Gasteiger partial charge is 0.338 e. The summed E-state index contributed by atoms with van der Waals surface area (Å²) in [5, 5.41) is 6.71. The van der Waals surface area contributed by atoms with Crippen molar-refractivity contribution in [2.45, 2.75) is 37.8 Å². The number of methoxy groups -OCH3 is 1. The fraction of sp³-hybridized carbons (Fsp3) is 0.571. The van der Waals surface area contributed by atoms with E-state index in [2.05, 4.69) is 15.6 Å². The Kier molecular flexibility index (Phi) is 4.74. The van der Waals surface area contributed by atoms with Crippen LogP contribution in [0, 0.1) is 0 Å². The highest BCUT2D eigenvalue weighted by atomic mass is 16.5.